The summed E-state index contributed by atoms with van der Waals surface area (Å²) in [4.78, 5) is 0. The molecule has 0 saturated carbocycles. The van der Waals surface area contributed by atoms with Crippen LogP contribution < -0.4 is 11.1 Å². The highest BCUT2D eigenvalue weighted by molar-refractivity contribution is 5.40. The van der Waals surface area contributed by atoms with Crippen molar-refractivity contribution in [2.24, 2.45) is 5.73 Å². The van der Waals surface area contributed by atoms with Gasteiger partial charge >= 0.3 is 0 Å². The molecule has 2 aliphatic rings. The second kappa shape index (κ2) is 5.47. The summed E-state index contributed by atoms with van der Waals surface area (Å²) >= 11 is 0. The quantitative estimate of drug-likeness (QED) is 0.770. The Balaban J connectivity index is 2.07. The van der Waals surface area contributed by atoms with Crippen LogP contribution in [0.5, 0.6) is 0 Å². The van der Waals surface area contributed by atoms with Gasteiger partial charge in [0.1, 0.15) is 0 Å². The SMILES string of the molecule is NCC1(C2(O)CCCNCC2)CCCc2ccccc21. The van der Waals surface area contributed by atoms with E-state index in [1.54, 1.807) is 0 Å². The van der Waals surface area contributed by atoms with Crippen molar-refractivity contribution < 1.29 is 5.11 Å². The monoisotopic (exact) mass is 274 g/mol. The molecule has 1 aliphatic heterocycles. The minimum absolute atomic E-state index is 0.256. The van der Waals surface area contributed by atoms with Crippen LogP contribution in [0.3, 0.4) is 0 Å². The van der Waals surface area contributed by atoms with Gasteiger partial charge in [0.05, 0.1) is 5.60 Å². The summed E-state index contributed by atoms with van der Waals surface area (Å²) in [5.74, 6) is 0. The van der Waals surface area contributed by atoms with Crippen LogP contribution in [0.4, 0.5) is 0 Å². The van der Waals surface area contributed by atoms with Crippen LogP contribution in [0.2, 0.25) is 0 Å². The Morgan fingerprint density at radius 3 is 2.80 bits per heavy atom. The second-order valence-corrected chi connectivity index (χ2v) is 6.43. The lowest BCUT2D eigenvalue weighted by atomic mass is 9.58. The molecular formula is C17H26N2O. The molecule has 1 aromatic carbocycles. The lowest BCUT2D eigenvalue weighted by Crippen LogP contribution is -2.57. The van der Waals surface area contributed by atoms with Gasteiger partial charge in [-0.15, -0.1) is 0 Å². The lowest BCUT2D eigenvalue weighted by molar-refractivity contribution is -0.0547. The minimum atomic E-state index is -0.665. The van der Waals surface area contributed by atoms with Crippen molar-refractivity contribution in [3.05, 3.63) is 35.4 Å². The Labute approximate surface area is 121 Å². The van der Waals surface area contributed by atoms with Gasteiger partial charge in [0.25, 0.3) is 0 Å². The minimum Gasteiger partial charge on any atom is -0.389 e. The zero-order chi connectivity index (χ0) is 14.1. The highest BCUT2D eigenvalue weighted by Gasteiger charge is 2.51. The molecule has 1 aliphatic carbocycles. The zero-order valence-electron chi connectivity index (χ0n) is 12.2. The van der Waals surface area contributed by atoms with Crippen LogP contribution in [0.25, 0.3) is 0 Å². The fourth-order valence-electron chi connectivity index (χ4n) is 4.34. The molecule has 1 saturated heterocycles. The number of fused-ring (bicyclic) bond motifs is 1. The normalized spacial score (nSPS) is 34.3. The van der Waals surface area contributed by atoms with Crippen LogP contribution in [0, 0.1) is 0 Å². The van der Waals surface area contributed by atoms with Crippen molar-refractivity contribution in [2.45, 2.75) is 49.5 Å². The molecule has 0 amide bonds. The average Bonchev–Trinajstić information content (AvgIpc) is 2.72. The van der Waals surface area contributed by atoms with Crippen LogP contribution >= 0.6 is 0 Å². The third-order valence-electron chi connectivity index (χ3n) is 5.48. The van der Waals surface area contributed by atoms with E-state index in [0.29, 0.717) is 6.54 Å². The number of rotatable bonds is 2. The predicted molar refractivity (Wildman–Crippen MR) is 81.8 cm³/mol. The number of nitrogens with one attached hydrogen (secondary N) is 1. The summed E-state index contributed by atoms with van der Waals surface area (Å²) < 4.78 is 0. The van der Waals surface area contributed by atoms with Crippen molar-refractivity contribution >= 4 is 0 Å². The fraction of sp³-hybridized carbons (Fsp3) is 0.647. The highest BCUT2D eigenvalue weighted by Crippen LogP contribution is 2.48. The van der Waals surface area contributed by atoms with Gasteiger partial charge in [0.15, 0.2) is 0 Å². The zero-order valence-corrected chi connectivity index (χ0v) is 12.2. The van der Waals surface area contributed by atoms with Crippen LogP contribution in [0.15, 0.2) is 24.3 Å². The van der Waals surface area contributed by atoms with Gasteiger partial charge in [0.2, 0.25) is 0 Å². The molecule has 3 rings (SSSR count). The first-order valence-corrected chi connectivity index (χ1v) is 7.93. The maximum absolute atomic E-state index is 11.5. The number of aliphatic hydroxyl groups is 1. The van der Waals surface area contributed by atoms with Crippen LogP contribution in [-0.4, -0.2) is 30.3 Å². The first kappa shape index (κ1) is 14.1. The van der Waals surface area contributed by atoms with Gasteiger partial charge in [-0.25, -0.2) is 0 Å². The third kappa shape index (κ3) is 2.09. The molecule has 0 bridgehead atoms. The van der Waals surface area contributed by atoms with Gasteiger partial charge in [-0.05, 0) is 62.7 Å². The van der Waals surface area contributed by atoms with Gasteiger partial charge in [0, 0.05) is 12.0 Å². The number of hydrogen-bond acceptors (Lipinski definition) is 3. The smallest absolute Gasteiger partial charge is 0.0768 e. The van der Waals surface area contributed by atoms with E-state index in [4.69, 9.17) is 5.73 Å². The molecule has 3 heteroatoms. The van der Waals surface area contributed by atoms with E-state index in [0.717, 1.165) is 51.6 Å². The van der Waals surface area contributed by atoms with Crippen LogP contribution in [-0.2, 0) is 11.8 Å². The summed E-state index contributed by atoms with van der Waals surface area (Å²) in [5, 5.41) is 14.9. The molecule has 110 valence electrons. The molecule has 1 aromatic rings. The summed E-state index contributed by atoms with van der Waals surface area (Å²) in [6.07, 6.45) is 5.94. The Hall–Kier alpha value is -0.900. The van der Waals surface area contributed by atoms with E-state index in [2.05, 4.69) is 29.6 Å². The van der Waals surface area contributed by atoms with Gasteiger partial charge in [-0.2, -0.15) is 0 Å². The molecular weight excluding hydrogens is 248 g/mol. The van der Waals surface area contributed by atoms with Crippen molar-refractivity contribution in [1.82, 2.24) is 5.32 Å². The fourth-order valence-corrected chi connectivity index (χ4v) is 4.34. The Morgan fingerprint density at radius 1 is 1.10 bits per heavy atom. The van der Waals surface area contributed by atoms with E-state index < -0.39 is 5.60 Å². The Kier molecular flexibility index (Phi) is 3.85. The van der Waals surface area contributed by atoms with Crippen molar-refractivity contribution in [2.75, 3.05) is 19.6 Å². The highest BCUT2D eigenvalue weighted by atomic mass is 16.3. The molecule has 1 heterocycles. The summed E-state index contributed by atoms with van der Waals surface area (Å²) in [5.41, 5.74) is 8.01. The molecule has 4 N–H and O–H groups in total. The maximum atomic E-state index is 11.5. The van der Waals surface area contributed by atoms with E-state index in [1.165, 1.54) is 11.1 Å². The number of aryl methyl sites for hydroxylation is 1. The lowest BCUT2D eigenvalue weighted by Gasteiger charge is -2.50. The number of nitrogens with two attached hydrogens (primary N) is 1. The Bertz CT molecular complexity index is 466. The predicted octanol–water partition coefficient (Wildman–Crippen LogP) is 1.72. The molecule has 0 spiro atoms. The third-order valence-corrected chi connectivity index (χ3v) is 5.48. The number of benzene rings is 1. The van der Waals surface area contributed by atoms with E-state index >= 15 is 0 Å². The first-order chi connectivity index (χ1) is 9.72. The average molecular weight is 274 g/mol. The van der Waals surface area contributed by atoms with Crippen molar-refractivity contribution in [1.29, 1.82) is 0 Å². The van der Waals surface area contributed by atoms with Crippen molar-refractivity contribution in [3.63, 3.8) is 0 Å². The van der Waals surface area contributed by atoms with Crippen LogP contribution in [0.1, 0.15) is 43.2 Å². The van der Waals surface area contributed by atoms with Crippen molar-refractivity contribution in [3.8, 4) is 0 Å². The van der Waals surface area contributed by atoms with Gasteiger partial charge in [-0.1, -0.05) is 24.3 Å². The largest absolute Gasteiger partial charge is 0.389 e. The molecule has 0 aromatic heterocycles. The van der Waals surface area contributed by atoms with Gasteiger partial charge in [-0.3, -0.25) is 0 Å². The van der Waals surface area contributed by atoms with E-state index in [-0.39, 0.29) is 5.41 Å². The summed E-state index contributed by atoms with van der Waals surface area (Å²) in [6.45, 7) is 2.44. The molecule has 0 radical (unpaired) electrons. The van der Waals surface area contributed by atoms with E-state index in [1.807, 2.05) is 0 Å². The molecule has 2 unspecified atom stereocenters. The Morgan fingerprint density at radius 2 is 1.95 bits per heavy atom. The first-order valence-electron chi connectivity index (χ1n) is 7.93. The standard InChI is InChI=1S/C17H26N2O/c18-13-16(17(20)9-4-11-19-12-10-17)8-3-6-14-5-1-2-7-15(14)16/h1-2,5,7,19-20H,3-4,6,8-13,18H2. The topological polar surface area (TPSA) is 58.3 Å². The van der Waals surface area contributed by atoms with E-state index in [9.17, 15) is 5.11 Å². The molecule has 20 heavy (non-hydrogen) atoms. The van der Waals surface area contributed by atoms with Gasteiger partial charge < -0.3 is 16.2 Å². The summed E-state index contributed by atoms with van der Waals surface area (Å²) in [6, 6.07) is 8.59. The number of hydrogen-bond donors (Lipinski definition) is 3. The second-order valence-electron chi connectivity index (χ2n) is 6.43. The molecule has 3 nitrogen and oxygen atoms in total. The molecule has 2 atom stereocenters. The maximum Gasteiger partial charge on any atom is 0.0768 e. The summed E-state index contributed by atoms with van der Waals surface area (Å²) in [7, 11) is 0. The molecule has 1 fully saturated rings.